The molecule has 1 aromatic rings. The lowest BCUT2D eigenvalue weighted by atomic mass is 10.1. The summed E-state index contributed by atoms with van der Waals surface area (Å²) in [6.07, 6.45) is 0. The van der Waals surface area contributed by atoms with Crippen molar-refractivity contribution in [2.75, 3.05) is 20.7 Å². The van der Waals surface area contributed by atoms with Crippen molar-refractivity contribution < 1.29 is 19.2 Å². The predicted molar refractivity (Wildman–Crippen MR) is 66.8 cm³/mol. The van der Waals surface area contributed by atoms with Crippen molar-refractivity contribution in [1.29, 1.82) is 0 Å². The smallest absolute Gasteiger partial charge is 0.325 e. The van der Waals surface area contributed by atoms with Crippen molar-refractivity contribution >= 4 is 17.6 Å². The lowest BCUT2D eigenvalue weighted by Crippen LogP contribution is -2.32. The number of carbonyl (C=O) groups is 2. The summed E-state index contributed by atoms with van der Waals surface area (Å²) in [5.74, 6) is -1.03. The number of esters is 1. The summed E-state index contributed by atoms with van der Waals surface area (Å²) in [5, 5.41) is 10.7. The Morgan fingerprint density at radius 1 is 1.37 bits per heavy atom. The summed E-state index contributed by atoms with van der Waals surface area (Å²) < 4.78 is 4.45. The molecule has 1 amide bonds. The first kappa shape index (κ1) is 14.6. The molecule has 0 heterocycles. The van der Waals surface area contributed by atoms with Crippen molar-refractivity contribution in [1.82, 2.24) is 4.90 Å². The molecule has 0 aliphatic carbocycles. The number of non-ortho nitro benzene ring substituents is 1. The fourth-order valence-corrected chi connectivity index (χ4v) is 1.54. The second kappa shape index (κ2) is 5.94. The number of nitrogens with zero attached hydrogens (tertiary/aromatic N) is 2. The Kier molecular flexibility index (Phi) is 4.57. The maximum Gasteiger partial charge on any atom is 0.325 e. The van der Waals surface area contributed by atoms with Gasteiger partial charge in [0.1, 0.15) is 6.54 Å². The minimum absolute atomic E-state index is 0.158. The summed E-state index contributed by atoms with van der Waals surface area (Å²) in [5.41, 5.74) is 0.608. The molecular weight excluding hydrogens is 252 g/mol. The number of ether oxygens (including phenoxy) is 1. The van der Waals surface area contributed by atoms with Crippen molar-refractivity contribution in [2.24, 2.45) is 0 Å². The minimum Gasteiger partial charge on any atom is -0.468 e. The number of nitro groups is 1. The molecular formula is C12H14N2O5. The molecule has 102 valence electrons. The molecule has 0 aliphatic heterocycles. The van der Waals surface area contributed by atoms with Gasteiger partial charge in [-0.3, -0.25) is 19.7 Å². The SMILES string of the molecule is COC(=O)CN(C)C(=O)c1cc(C)cc([N+](=O)[O-])c1. The van der Waals surface area contributed by atoms with Crippen LogP contribution in [0.1, 0.15) is 15.9 Å². The zero-order chi connectivity index (χ0) is 14.6. The fourth-order valence-electron chi connectivity index (χ4n) is 1.54. The number of carbonyl (C=O) groups excluding carboxylic acids is 2. The molecule has 0 atom stereocenters. The van der Waals surface area contributed by atoms with E-state index in [2.05, 4.69) is 4.74 Å². The van der Waals surface area contributed by atoms with Crippen molar-refractivity contribution in [3.8, 4) is 0 Å². The molecule has 0 spiro atoms. The number of hydrogen-bond acceptors (Lipinski definition) is 5. The summed E-state index contributed by atoms with van der Waals surface area (Å²) in [4.78, 5) is 34.4. The van der Waals surface area contributed by atoms with Crippen molar-refractivity contribution in [2.45, 2.75) is 6.92 Å². The van der Waals surface area contributed by atoms with Gasteiger partial charge in [-0.1, -0.05) is 0 Å². The van der Waals surface area contributed by atoms with E-state index >= 15 is 0 Å². The molecule has 7 heteroatoms. The van der Waals surface area contributed by atoms with Gasteiger partial charge in [0.25, 0.3) is 11.6 Å². The summed E-state index contributed by atoms with van der Waals surface area (Å²) in [6, 6.07) is 4.09. The highest BCUT2D eigenvalue weighted by Crippen LogP contribution is 2.17. The van der Waals surface area contributed by atoms with E-state index in [1.807, 2.05) is 0 Å². The molecule has 0 bridgehead atoms. The zero-order valence-corrected chi connectivity index (χ0v) is 10.9. The molecule has 0 aliphatic rings. The van der Waals surface area contributed by atoms with Crippen molar-refractivity contribution in [3.05, 3.63) is 39.4 Å². The van der Waals surface area contributed by atoms with Gasteiger partial charge in [-0.05, 0) is 18.6 Å². The van der Waals surface area contributed by atoms with Gasteiger partial charge in [0, 0.05) is 24.7 Å². The molecule has 1 rings (SSSR count). The number of rotatable bonds is 4. The van der Waals surface area contributed by atoms with E-state index in [0.29, 0.717) is 5.56 Å². The van der Waals surface area contributed by atoms with E-state index in [1.165, 1.54) is 32.4 Å². The molecule has 0 aromatic heterocycles. The van der Waals surface area contributed by atoms with Crippen LogP contribution in [0.15, 0.2) is 18.2 Å². The Morgan fingerprint density at radius 2 is 2.00 bits per heavy atom. The van der Waals surface area contributed by atoms with E-state index in [-0.39, 0.29) is 17.8 Å². The third-order valence-electron chi connectivity index (χ3n) is 2.46. The topological polar surface area (TPSA) is 89.8 Å². The molecule has 0 saturated carbocycles. The van der Waals surface area contributed by atoms with Crippen LogP contribution in [0.25, 0.3) is 0 Å². The number of amides is 1. The number of aryl methyl sites for hydroxylation is 1. The second-order valence-electron chi connectivity index (χ2n) is 4.05. The molecule has 0 N–H and O–H groups in total. The second-order valence-corrected chi connectivity index (χ2v) is 4.05. The van der Waals surface area contributed by atoms with Gasteiger partial charge in [-0.2, -0.15) is 0 Å². The third kappa shape index (κ3) is 3.77. The van der Waals surface area contributed by atoms with Gasteiger partial charge in [-0.25, -0.2) is 0 Å². The number of hydrogen-bond donors (Lipinski definition) is 0. The van der Waals surface area contributed by atoms with Gasteiger partial charge in [0.2, 0.25) is 0 Å². The maximum absolute atomic E-state index is 12.0. The van der Waals surface area contributed by atoms with Crippen LogP contribution in [0.3, 0.4) is 0 Å². The van der Waals surface area contributed by atoms with Crippen LogP contribution >= 0.6 is 0 Å². The normalized spacial score (nSPS) is 9.84. The van der Waals surface area contributed by atoms with Crippen LogP contribution in [0, 0.1) is 17.0 Å². The van der Waals surface area contributed by atoms with Gasteiger partial charge >= 0.3 is 5.97 Å². The molecule has 0 saturated heterocycles. The molecule has 1 aromatic carbocycles. The van der Waals surface area contributed by atoms with E-state index < -0.39 is 16.8 Å². The van der Waals surface area contributed by atoms with Gasteiger partial charge in [0.05, 0.1) is 12.0 Å². The monoisotopic (exact) mass is 266 g/mol. The van der Waals surface area contributed by atoms with Gasteiger partial charge in [-0.15, -0.1) is 0 Å². The first-order valence-corrected chi connectivity index (χ1v) is 5.43. The molecule has 0 fully saturated rings. The van der Waals surface area contributed by atoms with Crippen LogP contribution in [0.4, 0.5) is 5.69 Å². The van der Waals surface area contributed by atoms with Gasteiger partial charge < -0.3 is 9.64 Å². The van der Waals surface area contributed by atoms with E-state index in [1.54, 1.807) is 6.92 Å². The summed E-state index contributed by atoms with van der Waals surface area (Å²) >= 11 is 0. The van der Waals surface area contributed by atoms with Gasteiger partial charge in [0.15, 0.2) is 0 Å². The number of nitro benzene ring substituents is 1. The summed E-state index contributed by atoms with van der Waals surface area (Å²) in [7, 11) is 2.64. The van der Waals surface area contributed by atoms with E-state index in [0.717, 1.165) is 4.90 Å². The minimum atomic E-state index is -0.565. The number of benzene rings is 1. The van der Waals surface area contributed by atoms with Crippen LogP contribution in [-0.2, 0) is 9.53 Å². The van der Waals surface area contributed by atoms with Crippen LogP contribution < -0.4 is 0 Å². The number of likely N-dealkylation sites (N-methyl/N-ethyl adjacent to an activating group) is 1. The Bertz CT molecular complexity index is 527. The maximum atomic E-state index is 12.0. The fraction of sp³-hybridized carbons (Fsp3) is 0.333. The highest BCUT2D eigenvalue weighted by molar-refractivity contribution is 5.96. The summed E-state index contributed by atoms with van der Waals surface area (Å²) in [6.45, 7) is 1.45. The van der Waals surface area contributed by atoms with E-state index in [9.17, 15) is 19.7 Å². The Labute approximate surface area is 109 Å². The van der Waals surface area contributed by atoms with E-state index in [4.69, 9.17) is 0 Å². The molecule has 0 unspecified atom stereocenters. The highest BCUT2D eigenvalue weighted by Gasteiger charge is 2.18. The molecule has 0 radical (unpaired) electrons. The largest absolute Gasteiger partial charge is 0.468 e. The lowest BCUT2D eigenvalue weighted by Gasteiger charge is -2.15. The van der Waals surface area contributed by atoms with Crippen LogP contribution in [0.5, 0.6) is 0 Å². The zero-order valence-electron chi connectivity index (χ0n) is 10.9. The molecule has 7 nitrogen and oxygen atoms in total. The lowest BCUT2D eigenvalue weighted by molar-refractivity contribution is -0.384. The highest BCUT2D eigenvalue weighted by atomic mass is 16.6. The van der Waals surface area contributed by atoms with Crippen LogP contribution in [-0.4, -0.2) is 42.4 Å². The Balaban J connectivity index is 2.99. The first-order chi connectivity index (χ1) is 8.85. The van der Waals surface area contributed by atoms with Crippen molar-refractivity contribution in [3.63, 3.8) is 0 Å². The predicted octanol–water partition coefficient (Wildman–Crippen LogP) is 1.15. The van der Waals surface area contributed by atoms with Crippen LogP contribution in [0.2, 0.25) is 0 Å². The molecule has 19 heavy (non-hydrogen) atoms. The Morgan fingerprint density at radius 3 is 2.53 bits per heavy atom. The quantitative estimate of drug-likeness (QED) is 0.463. The standard InChI is InChI=1S/C12H14N2O5/c1-8-4-9(6-10(5-8)14(17)18)12(16)13(2)7-11(15)19-3/h4-6H,7H2,1-3H3. The Hall–Kier alpha value is -2.44. The number of methoxy groups -OCH3 is 1. The first-order valence-electron chi connectivity index (χ1n) is 5.43. The third-order valence-corrected chi connectivity index (χ3v) is 2.46. The average molecular weight is 266 g/mol. The average Bonchev–Trinajstić information content (AvgIpc) is 2.36.